The van der Waals surface area contributed by atoms with Crippen LogP contribution in [0.3, 0.4) is 0 Å². The number of esters is 2. The van der Waals surface area contributed by atoms with Gasteiger partial charge in [0.25, 0.3) is 0 Å². The van der Waals surface area contributed by atoms with Crippen molar-refractivity contribution in [3.05, 3.63) is 0 Å². The standard InChI is InChI=1S/C16H31NO2S.C13H24O3.C12H23NO2S.C6H16N2S2.C2HF3O/c1-15(2,3)19-14(18)12-16(8-5-4-6-9-16)13-17-10-7-11-20;1-12(2,3)16-11(14)10-13(15-4)8-6-5-7-9-13;14-11(15)9-12(5-2-1-3-6-12)10-13-7-4-8-16;7-3-1-5-9-10-6-2-4-8;3-2(4,5)1-6/h17,20H,4-13H2,1-3H3;5-10H2,1-4H3;13,16H,1-10H2,(H,14,15);1-8H2;1H. The molecule has 7 N–H and O–H groups in total. The highest BCUT2D eigenvalue weighted by atomic mass is 33.1. The van der Waals surface area contributed by atoms with Gasteiger partial charge in [-0.25, -0.2) is 0 Å². The van der Waals surface area contributed by atoms with Gasteiger partial charge in [0.1, 0.15) is 11.2 Å². The maximum Gasteiger partial charge on any atom is 0.446 e. The zero-order valence-electron chi connectivity index (χ0n) is 43.0. The van der Waals surface area contributed by atoms with Gasteiger partial charge in [-0.05, 0) is 154 Å². The SMILES string of the molecule is CC(C)(C)OC(=O)CC1(CNCCCS)CCCCC1.COC1(CC(=O)OC(C)(C)C)CCCCC1.NCCCSSCCCN.O=C(O)CC1(CNCCCS)CCCCC1.O=CC(F)(F)F. The maximum absolute atomic E-state index is 12.2. The number of nitrogens with two attached hydrogens (primary N) is 2. The van der Waals surface area contributed by atoms with Gasteiger partial charge in [0.2, 0.25) is 6.29 Å². The number of carbonyl (C=O) groups is 4. The Morgan fingerprint density at radius 1 is 0.632 bits per heavy atom. The Morgan fingerprint density at radius 3 is 1.29 bits per heavy atom. The fourth-order valence-electron chi connectivity index (χ4n) is 8.25. The first-order valence-electron chi connectivity index (χ1n) is 24.9. The van der Waals surface area contributed by atoms with E-state index in [1.54, 1.807) is 7.11 Å². The number of thiol groups is 2. The molecule has 0 unspecified atom stereocenters. The lowest BCUT2D eigenvalue weighted by Crippen LogP contribution is -2.39. The number of aldehydes is 1. The maximum atomic E-state index is 12.2. The first kappa shape index (κ1) is 69.1. The van der Waals surface area contributed by atoms with Crippen molar-refractivity contribution >= 4 is 71.0 Å². The molecule has 404 valence electrons. The summed E-state index contributed by atoms with van der Waals surface area (Å²) < 4.78 is 47.7. The van der Waals surface area contributed by atoms with Crippen LogP contribution >= 0.6 is 46.8 Å². The van der Waals surface area contributed by atoms with Gasteiger partial charge in [-0.2, -0.15) is 38.4 Å². The average Bonchev–Trinajstić information content (AvgIpc) is 3.25. The zero-order chi connectivity index (χ0) is 52.0. The Labute approximate surface area is 428 Å². The van der Waals surface area contributed by atoms with Crippen molar-refractivity contribution in [1.29, 1.82) is 0 Å². The van der Waals surface area contributed by atoms with Crippen molar-refractivity contribution in [1.82, 2.24) is 10.6 Å². The molecule has 0 aromatic carbocycles. The Hall–Kier alpha value is -0.930. The van der Waals surface area contributed by atoms with E-state index in [1.807, 2.05) is 63.1 Å². The van der Waals surface area contributed by atoms with Crippen LogP contribution in [-0.4, -0.2) is 122 Å². The van der Waals surface area contributed by atoms with Gasteiger partial charge in [0.05, 0.1) is 24.9 Å². The summed E-state index contributed by atoms with van der Waals surface area (Å²) in [6, 6.07) is 0. The quantitative estimate of drug-likeness (QED) is 0.0159. The predicted octanol–water partition coefficient (Wildman–Crippen LogP) is 10.8. The van der Waals surface area contributed by atoms with Crippen molar-refractivity contribution in [3.8, 4) is 0 Å². The first-order chi connectivity index (χ1) is 31.9. The molecule has 0 bridgehead atoms. The van der Waals surface area contributed by atoms with E-state index >= 15 is 0 Å². The molecular formula is C49H95F3N4O8S4. The minimum atomic E-state index is -4.64. The molecule has 3 fully saturated rings. The van der Waals surface area contributed by atoms with Crippen molar-refractivity contribution in [2.24, 2.45) is 22.3 Å². The fraction of sp³-hybridized carbons (Fsp3) is 0.918. The summed E-state index contributed by atoms with van der Waals surface area (Å²) in [5.41, 5.74) is 9.73. The predicted molar refractivity (Wildman–Crippen MR) is 284 cm³/mol. The zero-order valence-corrected chi connectivity index (χ0v) is 46.4. The van der Waals surface area contributed by atoms with Crippen LogP contribution in [0.1, 0.15) is 183 Å². The molecule has 0 aromatic heterocycles. The monoisotopic (exact) mass is 1050 g/mol. The van der Waals surface area contributed by atoms with E-state index < -0.39 is 24.0 Å². The Balaban J connectivity index is 0. The lowest BCUT2D eigenvalue weighted by atomic mass is 9.71. The molecule has 68 heavy (non-hydrogen) atoms. The summed E-state index contributed by atoms with van der Waals surface area (Å²) in [5.74, 6) is 3.30. The number of carboxylic acid groups (broad SMARTS) is 1. The van der Waals surface area contributed by atoms with E-state index in [9.17, 15) is 27.6 Å². The van der Waals surface area contributed by atoms with Gasteiger partial charge in [-0.15, -0.1) is 0 Å². The fourth-order valence-corrected chi connectivity index (χ4v) is 10.8. The molecule has 0 radical (unpaired) electrons. The Morgan fingerprint density at radius 2 is 0.985 bits per heavy atom. The van der Waals surface area contributed by atoms with Crippen LogP contribution in [0.25, 0.3) is 0 Å². The largest absolute Gasteiger partial charge is 0.481 e. The second-order valence-electron chi connectivity index (χ2n) is 20.3. The van der Waals surface area contributed by atoms with Crippen LogP contribution in [0.2, 0.25) is 0 Å². The number of hydrogen-bond donors (Lipinski definition) is 7. The van der Waals surface area contributed by atoms with E-state index in [0.29, 0.717) is 19.3 Å². The molecule has 3 saturated carbocycles. The van der Waals surface area contributed by atoms with Gasteiger partial charge in [-0.3, -0.25) is 19.2 Å². The minimum absolute atomic E-state index is 0.0146. The number of halogens is 3. The number of nitrogens with one attached hydrogen (secondary N) is 2. The lowest BCUT2D eigenvalue weighted by molar-refractivity contribution is -0.163. The molecule has 3 rings (SSSR count). The molecule has 0 spiro atoms. The van der Waals surface area contributed by atoms with Crippen molar-refractivity contribution in [2.75, 3.05) is 69.4 Å². The lowest BCUT2D eigenvalue weighted by Gasteiger charge is -2.37. The van der Waals surface area contributed by atoms with E-state index in [0.717, 1.165) is 128 Å². The van der Waals surface area contributed by atoms with Crippen LogP contribution in [0.4, 0.5) is 13.2 Å². The second-order valence-corrected chi connectivity index (χ2v) is 23.9. The first-order valence-corrected chi connectivity index (χ1v) is 28.7. The molecule has 12 nitrogen and oxygen atoms in total. The normalized spacial score (nSPS) is 17.4. The third-order valence-corrected chi connectivity index (χ3v) is 14.7. The summed E-state index contributed by atoms with van der Waals surface area (Å²) in [6.07, 6.45) is 17.2. The molecule has 0 amide bonds. The van der Waals surface area contributed by atoms with Crippen LogP contribution in [0.15, 0.2) is 0 Å². The highest BCUT2D eigenvalue weighted by Crippen LogP contribution is 2.40. The van der Waals surface area contributed by atoms with Crippen LogP contribution < -0.4 is 22.1 Å². The van der Waals surface area contributed by atoms with Gasteiger partial charge in [0.15, 0.2) is 0 Å². The third-order valence-electron chi connectivity index (χ3n) is 11.5. The molecule has 0 saturated heterocycles. The minimum Gasteiger partial charge on any atom is -0.481 e. The smallest absolute Gasteiger partial charge is 0.446 e. The van der Waals surface area contributed by atoms with Crippen molar-refractivity contribution < 1.29 is 51.7 Å². The molecule has 19 heteroatoms. The number of hydrogen-bond acceptors (Lipinski definition) is 15. The molecular weight excluding hydrogens is 958 g/mol. The van der Waals surface area contributed by atoms with E-state index in [2.05, 4.69) is 35.9 Å². The summed E-state index contributed by atoms with van der Waals surface area (Å²) in [5, 5.41) is 15.9. The summed E-state index contributed by atoms with van der Waals surface area (Å²) in [4.78, 5) is 43.6. The van der Waals surface area contributed by atoms with Crippen molar-refractivity contribution in [3.63, 3.8) is 0 Å². The molecule has 0 heterocycles. The number of carboxylic acids is 1. The number of aliphatic carboxylic acids is 1. The highest BCUT2D eigenvalue weighted by Gasteiger charge is 2.37. The van der Waals surface area contributed by atoms with Crippen LogP contribution in [-0.2, 0) is 33.4 Å². The Bertz CT molecular complexity index is 1280. The molecule has 3 aliphatic rings. The average molecular weight is 1050 g/mol. The van der Waals surface area contributed by atoms with E-state index in [4.69, 9.17) is 35.6 Å². The Kier molecular flexibility index (Phi) is 40.2. The van der Waals surface area contributed by atoms with Crippen molar-refractivity contribution in [2.45, 2.75) is 206 Å². The van der Waals surface area contributed by atoms with E-state index in [-0.39, 0.29) is 34.0 Å². The molecule has 0 aromatic rings. The molecule has 0 atom stereocenters. The van der Waals surface area contributed by atoms with Crippen LogP contribution in [0.5, 0.6) is 0 Å². The summed E-state index contributed by atoms with van der Waals surface area (Å²) in [7, 11) is 5.50. The van der Waals surface area contributed by atoms with Gasteiger partial charge < -0.3 is 41.4 Å². The number of methoxy groups -OCH3 is 1. The third kappa shape index (κ3) is 40.6. The highest BCUT2D eigenvalue weighted by molar-refractivity contribution is 8.76. The van der Waals surface area contributed by atoms with Crippen LogP contribution in [0, 0.1) is 10.8 Å². The second kappa shape index (κ2) is 39.6. The number of ether oxygens (including phenoxy) is 3. The number of rotatable bonds is 24. The molecule has 3 aliphatic carbocycles. The number of alkyl halides is 3. The van der Waals surface area contributed by atoms with Gasteiger partial charge >= 0.3 is 24.1 Å². The summed E-state index contributed by atoms with van der Waals surface area (Å²) >= 11 is 8.39. The topological polar surface area (TPSA) is 192 Å². The molecule has 0 aliphatic heterocycles. The van der Waals surface area contributed by atoms with Gasteiger partial charge in [0, 0.05) is 31.7 Å². The van der Waals surface area contributed by atoms with E-state index in [1.165, 1.54) is 56.5 Å². The number of carbonyl (C=O) groups excluding carboxylic acids is 3. The summed E-state index contributed by atoms with van der Waals surface area (Å²) in [6.45, 7) is 16.8. The van der Waals surface area contributed by atoms with Gasteiger partial charge in [-0.1, -0.05) is 79.4 Å².